The van der Waals surface area contributed by atoms with E-state index in [4.69, 9.17) is 27.4 Å². The molecule has 5 nitrogen and oxygen atoms in total. The number of esters is 1. The Hall–Kier alpha value is -3.14. The molecule has 2 rings (SSSR count). The Morgan fingerprint density at radius 3 is 2.78 bits per heavy atom. The summed E-state index contributed by atoms with van der Waals surface area (Å²) < 4.78 is 18.5. The number of carbonyl (C=O) groups excluding carboxylic acids is 1. The Morgan fingerprint density at radius 2 is 2.15 bits per heavy atom. The molecule has 0 aliphatic heterocycles. The third-order valence-corrected chi connectivity index (χ3v) is 3.87. The molecule has 0 saturated heterocycles. The molecule has 0 unspecified atom stereocenters. The number of ether oxygens (including phenoxy) is 1. The van der Waals surface area contributed by atoms with E-state index < -0.39 is 11.8 Å². The molecule has 2 aromatic carbocycles. The van der Waals surface area contributed by atoms with E-state index in [1.807, 2.05) is 6.07 Å². The van der Waals surface area contributed by atoms with Crippen LogP contribution in [0.1, 0.15) is 18.1 Å². The van der Waals surface area contributed by atoms with Crippen LogP contribution in [0.5, 0.6) is 0 Å². The summed E-state index contributed by atoms with van der Waals surface area (Å²) in [6, 6.07) is 12.6. The molecule has 0 fully saturated rings. The van der Waals surface area contributed by atoms with E-state index in [0.717, 1.165) is 0 Å². The molecule has 0 aliphatic carbocycles. The van der Waals surface area contributed by atoms with Crippen LogP contribution in [0.15, 0.2) is 60.7 Å². The summed E-state index contributed by atoms with van der Waals surface area (Å²) >= 11 is 5.89. The van der Waals surface area contributed by atoms with Crippen molar-refractivity contribution >= 4 is 29.0 Å². The van der Waals surface area contributed by atoms with Gasteiger partial charge in [0.15, 0.2) is 0 Å². The highest BCUT2D eigenvalue weighted by Crippen LogP contribution is 2.28. The molecule has 2 N–H and O–H groups in total. The monoisotopic (exact) mass is 385 g/mol. The number of rotatable bonds is 6. The number of benzene rings is 2. The smallest absolute Gasteiger partial charge is 0.337 e. The molecule has 0 amide bonds. The molecule has 0 heterocycles. The first kappa shape index (κ1) is 20.2. The predicted molar refractivity (Wildman–Crippen MR) is 103 cm³/mol. The van der Waals surface area contributed by atoms with E-state index in [9.17, 15) is 9.18 Å². The standard InChI is InChI=1S/C20H17ClFN3O2/c1-3-27-20(26)13(2)9-19(15-7-8-18(22)17(21)11-15)25(24)16-6-4-5-14(10-16)12-23/h4-11H,2-3,24H2,1H3/b19-9-. The van der Waals surface area contributed by atoms with E-state index in [-0.39, 0.29) is 17.2 Å². The third kappa shape index (κ3) is 4.94. The molecule has 0 aromatic heterocycles. The highest BCUT2D eigenvalue weighted by Gasteiger charge is 2.16. The van der Waals surface area contributed by atoms with Gasteiger partial charge in [0.2, 0.25) is 0 Å². The van der Waals surface area contributed by atoms with Gasteiger partial charge in [0.1, 0.15) is 5.82 Å². The average Bonchev–Trinajstić information content (AvgIpc) is 2.67. The predicted octanol–water partition coefficient (Wildman–Crippen LogP) is 4.19. The van der Waals surface area contributed by atoms with Gasteiger partial charge in [0, 0.05) is 5.56 Å². The fraction of sp³-hybridized carbons (Fsp3) is 0.100. The molecule has 0 spiro atoms. The summed E-state index contributed by atoms with van der Waals surface area (Å²) in [5.74, 6) is 5.04. The van der Waals surface area contributed by atoms with Crippen LogP contribution in [0.2, 0.25) is 5.02 Å². The lowest BCUT2D eigenvalue weighted by molar-refractivity contribution is -0.138. The van der Waals surface area contributed by atoms with Crippen molar-refractivity contribution < 1.29 is 13.9 Å². The number of anilines is 1. The van der Waals surface area contributed by atoms with Crippen LogP contribution in [0.4, 0.5) is 10.1 Å². The van der Waals surface area contributed by atoms with E-state index in [1.165, 1.54) is 29.3 Å². The van der Waals surface area contributed by atoms with Crippen molar-refractivity contribution in [2.75, 3.05) is 11.6 Å². The van der Waals surface area contributed by atoms with Crippen molar-refractivity contribution in [2.24, 2.45) is 5.84 Å². The van der Waals surface area contributed by atoms with Gasteiger partial charge < -0.3 is 4.74 Å². The van der Waals surface area contributed by atoms with Crippen molar-refractivity contribution in [3.8, 4) is 6.07 Å². The Morgan fingerprint density at radius 1 is 1.41 bits per heavy atom. The van der Waals surface area contributed by atoms with Gasteiger partial charge in [-0.25, -0.2) is 15.0 Å². The molecule has 2 aromatic rings. The molecule has 138 valence electrons. The van der Waals surface area contributed by atoms with Crippen LogP contribution < -0.4 is 10.9 Å². The normalized spacial score (nSPS) is 10.9. The minimum atomic E-state index is -0.609. The Kier molecular flexibility index (Phi) is 6.72. The fourth-order valence-electron chi connectivity index (χ4n) is 2.26. The van der Waals surface area contributed by atoms with Crippen LogP contribution >= 0.6 is 11.6 Å². The Bertz CT molecular complexity index is 950. The number of nitrogens with zero attached hydrogens (tertiary/aromatic N) is 2. The second-order valence-corrected chi connectivity index (χ2v) is 5.84. The van der Waals surface area contributed by atoms with Gasteiger partial charge in [0.25, 0.3) is 0 Å². The molecule has 0 aliphatic rings. The molecule has 0 atom stereocenters. The lowest BCUT2D eigenvalue weighted by atomic mass is 10.1. The zero-order chi connectivity index (χ0) is 20.0. The van der Waals surface area contributed by atoms with Crippen molar-refractivity contribution in [3.05, 3.63) is 82.7 Å². The first-order chi connectivity index (χ1) is 12.9. The van der Waals surface area contributed by atoms with Gasteiger partial charge in [0.05, 0.1) is 40.2 Å². The number of hydrazine groups is 1. The van der Waals surface area contributed by atoms with E-state index in [0.29, 0.717) is 22.5 Å². The summed E-state index contributed by atoms with van der Waals surface area (Å²) in [5, 5.41) is 10.2. The fourth-order valence-corrected chi connectivity index (χ4v) is 2.44. The van der Waals surface area contributed by atoms with Crippen LogP contribution in [0.3, 0.4) is 0 Å². The van der Waals surface area contributed by atoms with Gasteiger partial charge in [-0.1, -0.05) is 24.2 Å². The lowest BCUT2D eigenvalue weighted by Gasteiger charge is -2.23. The third-order valence-electron chi connectivity index (χ3n) is 3.58. The van der Waals surface area contributed by atoms with Gasteiger partial charge in [-0.05, 0) is 49.4 Å². The first-order valence-electron chi connectivity index (χ1n) is 7.95. The van der Waals surface area contributed by atoms with Gasteiger partial charge in [-0.2, -0.15) is 5.26 Å². The molecular formula is C20H17ClFN3O2. The number of halogens is 2. The Labute approximate surface area is 161 Å². The molecule has 0 saturated carbocycles. The van der Waals surface area contributed by atoms with E-state index in [2.05, 4.69) is 6.58 Å². The quantitative estimate of drug-likeness (QED) is 0.265. The van der Waals surface area contributed by atoms with Crippen LogP contribution in [0, 0.1) is 17.1 Å². The van der Waals surface area contributed by atoms with Crippen molar-refractivity contribution in [2.45, 2.75) is 6.92 Å². The molecule has 7 heteroatoms. The number of hydrogen-bond donors (Lipinski definition) is 1. The molecule has 0 bridgehead atoms. The summed E-state index contributed by atoms with van der Waals surface area (Å²) in [4.78, 5) is 11.9. The minimum Gasteiger partial charge on any atom is -0.462 e. The second kappa shape index (κ2) is 8.99. The maximum atomic E-state index is 13.6. The summed E-state index contributed by atoms with van der Waals surface area (Å²) in [6.45, 7) is 5.57. The van der Waals surface area contributed by atoms with E-state index >= 15 is 0 Å². The highest BCUT2D eigenvalue weighted by atomic mass is 35.5. The van der Waals surface area contributed by atoms with Gasteiger partial charge >= 0.3 is 5.97 Å². The highest BCUT2D eigenvalue weighted by molar-refractivity contribution is 6.30. The van der Waals surface area contributed by atoms with Crippen LogP contribution in [0.25, 0.3) is 5.70 Å². The largest absolute Gasteiger partial charge is 0.462 e. The SMILES string of the molecule is C=C(/C=C(/c1ccc(F)c(Cl)c1)N(N)c1cccc(C#N)c1)C(=O)OCC. The average molecular weight is 386 g/mol. The summed E-state index contributed by atoms with van der Waals surface area (Å²) in [7, 11) is 0. The van der Waals surface area contributed by atoms with Crippen molar-refractivity contribution in [3.63, 3.8) is 0 Å². The Balaban J connectivity index is 2.54. The summed E-state index contributed by atoms with van der Waals surface area (Å²) in [6.07, 6.45) is 1.42. The lowest BCUT2D eigenvalue weighted by Crippen LogP contribution is -2.29. The molecular weight excluding hydrogens is 369 g/mol. The minimum absolute atomic E-state index is 0.0548. The second-order valence-electron chi connectivity index (χ2n) is 5.44. The van der Waals surface area contributed by atoms with Crippen LogP contribution in [-0.2, 0) is 9.53 Å². The zero-order valence-corrected chi connectivity index (χ0v) is 15.3. The molecule has 27 heavy (non-hydrogen) atoms. The van der Waals surface area contributed by atoms with Gasteiger partial charge in [-0.3, -0.25) is 5.01 Å². The number of carbonyl (C=O) groups is 1. The maximum absolute atomic E-state index is 13.6. The zero-order valence-electron chi connectivity index (χ0n) is 14.6. The van der Waals surface area contributed by atoms with Crippen molar-refractivity contribution in [1.29, 1.82) is 5.26 Å². The molecule has 0 radical (unpaired) electrons. The topological polar surface area (TPSA) is 79.4 Å². The number of nitrogens with two attached hydrogens (primary N) is 1. The van der Waals surface area contributed by atoms with Gasteiger partial charge in [-0.15, -0.1) is 0 Å². The van der Waals surface area contributed by atoms with Crippen molar-refractivity contribution in [1.82, 2.24) is 0 Å². The summed E-state index contributed by atoms with van der Waals surface area (Å²) in [5.41, 5.74) is 1.72. The number of nitriles is 1. The first-order valence-corrected chi connectivity index (χ1v) is 8.33. The number of hydrogen-bond acceptors (Lipinski definition) is 5. The van der Waals surface area contributed by atoms with E-state index in [1.54, 1.807) is 31.2 Å². The van der Waals surface area contributed by atoms with Crippen LogP contribution in [-0.4, -0.2) is 12.6 Å². The maximum Gasteiger partial charge on any atom is 0.337 e.